The summed E-state index contributed by atoms with van der Waals surface area (Å²) in [5, 5.41) is 10.6. The monoisotopic (exact) mass is 443 g/mol. The van der Waals surface area contributed by atoms with Gasteiger partial charge >= 0.3 is 18.2 Å². The Morgan fingerprint density at radius 1 is 0.871 bits per heavy atom. The number of imide groups is 1. The van der Waals surface area contributed by atoms with Gasteiger partial charge in [0.15, 0.2) is 0 Å². The van der Waals surface area contributed by atoms with Gasteiger partial charge in [-0.15, -0.1) is 0 Å². The molecule has 180 valence electrons. The number of hydrogen-bond donors (Lipinski definition) is 1. The molecule has 1 rings (SSSR count). The van der Waals surface area contributed by atoms with E-state index in [2.05, 4.69) is 0 Å². The molecule has 0 heterocycles. The molecule has 1 N–H and O–H groups in total. The van der Waals surface area contributed by atoms with Crippen LogP contribution >= 0.6 is 0 Å². The molecule has 1 fully saturated rings. The summed E-state index contributed by atoms with van der Waals surface area (Å²) >= 11 is 0. The maximum absolute atomic E-state index is 12.9. The van der Waals surface area contributed by atoms with Crippen LogP contribution in [-0.2, 0) is 19.0 Å². The summed E-state index contributed by atoms with van der Waals surface area (Å²) < 4.78 is 16.3. The van der Waals surface area contributed by atoms with Gasteiger partial charge in [-0.2, -0.15) is 0 Å². The summed E-state index contributed by atoms with van der Waals surface area (Å²) in [5.41, 5.74) is -3.28. The number of ether oxygens (including phenoxy) is 3. The lowest BCUT2D eigenvalue weighted by atomic mass is 9.79. The molecule has 1 aliphatic rings. The minimum Gasteiger partial charge on any atom is -0.459 e. The average Bonchev–Trinajstić information content (AvgIpc) is 2.88. The summed E-state index contributed by atoms with van der Waals surface area (Å²) in [4.78, 5) is 39.1. The molecule has 0 spiro atoms. The highest BCUT2D eigenvalue weighted by atomic mass is 16.6. The van der Waals surface area contributed by atoms with Crippen molar-refractivity contribution in [2.75, 3.05) is 6.54 Å². The molecule has 8 nitrogen and oxygen atoms in total. The van der Waals surface area contributed by atoms with Gasteiger partial charge in [-0.25, -0.2) is 14.5 Å². The standard InChI is InChI=1S/C23H41NO7/c1-20(2,3)29-17(26)23(13-10-12-16(23)25)14-11-15-24(18(27)30-21(4,5)6)19(28)31-22(7,8)9/h16,25H,10-15H2,1-9H3/t16-,23+/m1/s1. The molecule has 8 heteroatoms. The molecule has 0 aromatic carbocycles. The summed E-state index contributed by atoms with van der Waals surface area (Å²) in [6.07, 6.45) is -0.121. The first-order chi connectivity index (χ1) is 13.9. The fourth-order valence-electron chi connectivity index (χ4n) is 3.51. The van der Waals surface area contributed by atoms with Gasteiger partial charge in [0.05, 0.1) is 11.5 Å². The fourth-order valence-corrected chi connectivity index (χ4v) is 3.51. The van der Waals surface area contributed by atoms with Crippen LogP contribution in [0.15, 0.2) is 0 Å². The van der Waals surface area contributed by atoms with Crippen LogP contribution in [0.1, 0.15) is 94.4 Å². The van der Waals surface area contributed by atoms with E-state index in [1.807, 2.05) is 0 Å². The predicted octanol–water partition coefficient (Wildman–Crippen LogP) is 4.81. The van der Waals surface area contributed by atoms with Crippen molar-refractivity contribution in [3.8, 4) is 0 Å². The van der Waals surface area contributed by atoms with E-state index < -0.39 is 46.5 Å². The summed E-state index contributed by atoms with van der Waals surface area (Å²) in [7, 11) is 0. The summed E-state index contributed by atoms with van der Waals surface area (Å²) in [6, 6.07) is 0. The molecule has 31 heavy (non-hydrogen) atoms. The molecule has 1 aliphatic carbocycles. The van der Waals surface area contributed by atoms with Gasteiger partial charge < -0.3 is 19.3 Å². The van der Waals surface area contributed by atoms with Gasteiger partial charge in [0.1, 0.15) is 16.8 Å². The highest BCUT2D eigenvalue weighted by Gasteiger charge is 2.50. The first-order valence-electron chi connectivity index (χ1n) is 11.0. The van der Waals surface area contributed by atoms with E-state index in [9.17, 15) is 19.5 Å². The lowest BCUT2D eigenvalue weighted by molar-refractivity contribution is -0.174. The van der Waals surface area contributed by atoms with Crippen molar-refractivity contribution < 1.29 is 33.7 Å². The van der Waals surface area contributed by atoms with Gasteiger partial charge in [-0.3, -0.25) is 4.79 Å². The number of esters is 1. The molecule has 2 amide bonds. The van der Waals surface area contributed by atoms with E-state index >= 15 is 0 Å². The van der Waals surface area contributed by atoms with Gasteiger partial charge in [-0.1, -0.05) is 0 Å². The van der Waals surface area contributed by atoms with Gasteiger partial charge in [-0.05, 0) is 94.4 Å². The maximum Gasteiger partial charge on any atom is 0.419 e. The van der Waals surface area contributed by atoms with Crippen molar-refractivity contribution in [2.24, 2.45) is 5.41 Å². The molecular weight excluding hydrogens is 402 g/mol. The minimum absolute atomic E-state index is 0.00109. The third-order valence-corrected chi connectivity index (χ3v) is 4.78. The van der Waals surface area contributed by atoms with E-state index in [1.165, 1.54) is 0 Å². The highest BCUT2D eigenvalue weighted by Crippen LogP contribution is 2.44. The fraction of sp³-hybridized carbons (Fsp3) is 0.870. The first-order valence-corrected chi connectivity index (χ1v) is 11.0. The Kier molecular flexibility index (Phi) is 8.56. The second-order valence-electron chi connectivity index (χ2n) is 11.3. The largest absolute Gasteiger partial charge is 0.459 e. The summed E-state index contributed by atoms with van der Waals surface area (Å²) in [5.74, 6) is -0.439. The summed E-state index contributed by atoms with van der Waals surface area (Å²) in [6.45, 7) is 15.6. The maximum atomic E-state index is 12.9. The van der Waals surface area contributed by atoms with Crippen molar-refractivity contribution in [3.05, 3.63) is 0 Å². The van der Waals surface area contributed by atoms with E-state index in [-0.39, 0.29) is 13.0 Å². The average molecular weight is 444 g/mol. The normalized spacial score (nSPS) is 22.1. The third kappa shape index (κ3) is 8.67. The zero-order valence-corrected chi connectivity index (χ0v) is 20.7. The van der Waals surface area contributed by atoms with Crippen LogP contribution in [0.25, 0.3) is 0 Å². The molecule has 0 bridgehead atoms. The topological polar surface area (TPSA) is 102 Å². The van der Waals surface area contributed by atoms with E-state index in [0.717, 1.165) is 4.90 Å². The Morgan fingerprint density at radius 2 is 1.32 bits per heavy atom. The number of carbonyl (C=O) groups is 3. The Hall–Kier alpha value is -1.83. The van der Waals surface area contributed by atoms with Crippen molar-refractivity contribution in [2.45, 2.75) is 117 Å². The molecule has 2 atom stereocenters. The number of aliphatic hydroxyl groups is 1. The van der Waals surface area contributed by atoms with E-state index in [0.29, 0.717) is 25.7 Å². The Morgan fingerprint density at radius 3 is 1.68 bits per heavy atom. The van der Waals surface area contributed by atoms with Gasteiger partial charge in [0.2, 0.25) is 0 Å². The Labute approximate surface area is 186 Å². The van der Waals surface area contributed by atoms with Gasteiger partial charge in [0.25, 0.3) is 0 Å². The van der Waals surface area contributed by atoms with Crippen molar-refractivity contribution in [1.82, 2.24) is 4.90 Å². The third-order valence-electron chi connectivity index (χ3n) is 4.78. The van der Waals surface area contributed by atoms with Crippen LogP contribution in [0.3, 0.4) is 0 Å². The Bertz CT molecular complexity index is 626. The first kappa shape index (κ1) is 27.2. The van der Waals surface area contributed by atoms with Crippen LogP contribution in [0.5, 0.6) is 0 Å². The van der Waals surface area contributed by atoms with Crippen molar-refractivity contribution in [3.63, 3.8) is 0 Å². The SMILES string of the molecule is CC(C)(C)OC(=O)N(CCC[C@@]1(C(=O)OC(C)(C)C)CCC[C@H]1O)C(=O)OC(C)(C)C. The number of amides is 2. The molecule has 0 unspecified atom stereocenters. The molecule has 0 saturated heterocycles. The van der Waals surface area contributed by atoms with Crippen LogP contribution < -0.4 is 0 Å². The van der Waals surface area contributed by atoms with Crippen LogP contribution in [0.2, 0.25) is 0 Å². The number of hydrogen-bond acceptors (Lipinski definition) is 7. The number of aliphatic hydroxyl groups excluding tert-OH is 1. The number of nitrogens with zero attached hydrogens (tertiary/aromatic N) is 1. The quantitative estimate of drug-likeness (QED) is 0.480. The molecule has 0 aliphatic heterocycles. The molecule has 0 aromatic heterocycles. The molecule has 0 radical (unpaired) electrons. The van der Waals surface area contributed by atoms with Crippen LogP contribution in [0, 0.1) is 5.41 Å². The van der Waals surface area contributed by atoms with Crippen molar-refractivity contribution in [1.29, 1.82) is 0 Å². The molecule has 0 aromatic rings. The molecule has 1 saturated carbocycles. The number of rotatable bonds is 5. The predicted molar refractivity (Wildman–Crippen MR) is 117 cm³/mol. The second kappa shape index (κ2) is 9.76. The Balaban J connectivity index is 2.97. The van der Waals surface area contributed by atoms with Gasteiger partial charge in [0, 0.05) is 6.54 Å². The zero-order valence-electron chi connectivity index (χ0n) is 20.7. The van der Waals surface area contributed by atoms with E-state index in [4.69, 9.17) is 14.2 Å². The van der Waals surface area contributed by atoms with Crippen molar-refractivity contribution >= 4 is 18.2 Å². The second-order valence-corrected chi connectivity index (χ2v) is 11.3. The highest BCUT2D eigenvalue weighted by molar-refractivity contribution is 5.88. The lowest BCUT2D eigenvalue weighted by Gasteiger charge is -2.34. The van der Waals surface area contributed by atoms with E-state index in [1.54, 1.807) is 62.3 Å². The lowest BCUT2D eigenvalue weighted by Crippen LogP contribution is -2.46. The zero-order chi connectivity index (χ0) is 24.3. The number of carbonyl (C=O) groups excluding carboxylic acids is 3. The van der Waals surface area contributed by atoms with Crippen LogP contribution in [-0.4, -0.2) is 57.6 Å². The smallest absolute Gasteiger partial charge is 0.419 e. The molecular formula is C23H41NO7. The van der Waals surface area contributed by atoms with Crippen LogP contribution in [0.4, 0.5) is 9.59 Å². The minimum atomic E-state index is -1.04.